The molecule has 1 aromatic heterocycles. The maximum Gasteiger partial charge on any atom is 0.199 e. The van der Waals surface area contributed by atoms with E-state index in [9.17, 15) is 4.39 Å². The topological polar surface area (TPSA) is 51.6 Å². The third-order valence-corrected chi connectivity index (χ3v) is 3.60. The molecule has 90 valence electrons. The number of aromatic nitrogens is 1. The van der Waals surface area contributed by atoms with Crippen LogP contribution in [-0.4, -0.2) is 29.4 Å². The van der Waals surface area contributed by atoms with E-state index in [2.05, 4.69) is 4.98 Å². The highest BCUT2D eigenvalue weighted by Gasteiger charge is 2.27. The van der Waals surface area contributed by atoms with Gasteiger partial charge in [-0.15, -0.1) is 0 Å². The first-order valence-electron chi connectivity index (χ1n) is 4.88. The van der Waals surface area contributed by atoms with Gasteiger partial charge in [-0.1, -0.05) is 22.9 Å². The van der Waals surface area contributed by atoms with Crippen LogP contribution in [0.5, 0.6) is 11.5 Å². The molecule has 1 aliphatic heterocycles. The van der Waals surface area contributed by atoms with Gasteiger partial charge in [0, 0.05) is 6.07 Å². The van der Waals surface area contributed by atoms with Crippen molar-refractivity contribution in [2.45, 2.75) is 6.10 Å². The van der Waals surface area contributed by atoms with E-state index < -0.39 is 11.9 Å². The lowest BCUT2D eigenvalue weighted by Gasteiger charge is -2.25. The molecule has 4 nitrogen and oxygen atoms in total. The van der Waals surface area contributed by atoms with Gasteiger partial charge in [-0.05, 0) is 0 Å². The summed E-state index contributed by atoms with van der Waals surface area (Å²) in [5, 5.41) is 8.97. The van der Waals surface area contributed by atoms with E-state index >= 15 is 0 Å². The molecule has 1 aliphatic rings. The molecule has 0 unspecified atom stereocenters. The molecule has 0 saturated carbocycles. The molecule has 0 spiro atoms. The van der Waals surface area contributed by atoms with Crippen molar-refractivity contribution in [1.29, 1.82) is 0 Å². The van der Waals surface area contributed by atoms with Gasteiger partial charge in [0.25, 0.3) is 0 Å². The molecule has 0 fully saturated rings. The number of hydrogen-bond donors (Lipinski definition) is 1. The van der Waals surface area contributed by atoms with Gasteiger partial charge in [0.1, 0.15) is 11.3 Å². The summed E-state index contributed by atoms with van der Waals surface area (Å²) >= 11 is 6.99. The third kappa shape index (κ3) is 1.72. The van der Waals surface area contributed by atoms with Crippen LogP contribution in [0.3, 0.4) is 0 Å². The normalized spacial score (nSPS) is 18.6. The van der Waals surface area contributed by atoms with E-state index in [-0.39, 0.29) is 19.0 Å². The fourth-order valence-electron chi connectivity index (χ4n) is 1.67. The molecule has 7 heteroatoms. The van der Waals surface area contributed by atoms with Gasteiger partial charge in [0.2, 0.25) is 0 Å². The molecule has 0 amide bonds. The van der Waals surface area contributed by atoms with Crippen molar-refractivity contribution in [3.63, 3.8) is 0 Å². The second-order valence-corrected chi connectivity index (χ2v) is 5.15. The molecular weight excluding hydrogens is 269 g/mol. The monoisotopic (exact) mass is 275 g/mol. The van der Waals surface area contributed by atoms with Crippen LogP contribution in [0.1, 0.15) is 0 Å². The smallest absolute Gasteiger partial charge is 0.199 e. The highest BCUT2D eigenvalue weighted by atomic mass is 35.5. The minimum absolute atomic E-state index is 0.0168. The van der Waals surface area contributed by atoms with E-state index in [4.69, 9.17) is 26.2 Å². The molecule has 2 aromatic rings. The van der Waals surface area contributed by atoms with Gasteiger partial charge in [-0.25, -0.2) is 9.37 Å². The number of benzene rings is 1. The van der Waals surface area contributed by atoms with E-state index in [1.54, 1.807) is 0 Å². The Morgan fingerprint density at radius 1 is 1.59 bits per heavy atom. The Kier molecular flexibility index (Phi) is 2.57. The number of fused-ring (bicyclic) bond motifs is 3. The van der Waals surface area contributed by atoms with Crippen LogP contribution in [-0.2, 0) is 0 Å². The van der Waals surface area contributed by atoms with Crippen molar-refractivity contribution in [3.8, 4) is 11.5 Å². The zero-order chi connectivity index (χ0) is 12.0. The summed E-state index contributed by atoms with van der Waals surface area (Å²) in [6.45, 7) is -0.0437. The molecule has 1 atom stereocenters. The number of ether oxygens (including phenoxy) is 2. The summed E-state index contributed by atoms with van der Waals surface area (Å²) < 4.78 is 25.5. The van der Waals surface area contributed by atoms with E-state index in [0.29, 0.717) is 20.4 Å². The number of nitrogens with zero attached hydrogens (tertiary/aromatic N) is 1. The van der Waals surface area contributed by atoms with Crippen molar-refractivity contribution >= 4 is 33.2 Å². The van der Waals surface area contributed by atoms with Crippen LogP contribution in [0.2, 0.25) is 4.47 Å². The molecule has 1 aromatic carbocycles. The van der Waals surface area contributed by atoms with Crippen molar-refractivity contribution in [1.82, 2.24) is 4.98 Å². The number of thiazole rings is 1. The summed E-state index contributed by atoms with van der Waals surface area (Å²) in [5.41, 5.74) is 0.447. The summed E-state index contributed by atoms with van der Waals surface area (Å²) in [6.07, 6.45) is -0.544. The fourth-order valence-corrected chi connectivity index (χ4v) is 2.76. The van der Waals surface area contributed by atoms with Gasteiger partial charge in [-0.3, -0.25) is 0 Å². The van der Waals surface area contributed by atoms with Crippen molar-refractivity contribution in [2.75, 3.05) is 13.2 Å². The summed E-state index contributed by atoms with van der Waals surface area (Å²) in [4.78, 5) is 3.98. The lowest BCUT2D eigenvalue weighted by molar-refractivity contribution is 0.0431. The maximum absolute atomic E-state index is 13.8. The minimum Gasteiger partial charge on any atom is -0.484 e. The standard InChI is InChI=1S/C10H7ClFNO3S/c11-10-13-6-1-5(12)7-8(9(6)17-10)15-3-4(2-14)16-7/h1,4,14H,2-3H2/t4-/m0/s1. The second-order valence-electron chi connectivity index (χ2n) is 3.57. The van der Waals surface area contributed by atoms with Gasteiger partial charge in [-0.2, -0.15) is 0 Å². The van der Waals surface area contributed by atoms with Crippen LogP contribution < -0.4 is 9.47 Å². The van der Waals surface area contributed by atoms with Crippen LogP contribution >= 0.6 is 22.9 Å². The number of hydrogen-bond acceptors (Lipinski definition) is 5. The van der Waals surface area contributed by atoms with Crippen LogP contribution in [0, 0.1) is 5.82 Å². The van der Waals surface area contributed by atoms with Gasteiger partial charge < -0.3 is 14.6 Å². The Bertz CT molecular complexity index is 588. The van der Waals surface area contributed by atoms with Crippen molar-refractivity contribution < 1.29 is 19.0 Å². The van der Waals surface area contributed by atoms with Crippen molar-refractivity contribution in [2.24, 2.45) is 0 Å². The number of rotatable bonds is 1. The highest BCUT2D eigenvalue weighted by Crippen LogP contribution is 2.44. The molecule has 0 radical (unpaired) electrons. The Morgan fingerprint density at radius 2 is 2.41 bits per heavy atom. The van der Waals surface area contributed by atoms with Crippen LogP contribution in [0.4, 0.5) is 4.39 Å². The maximum atomic E-state index is 13.8. The third-order valence-electron chi connectivity index (χ3n) is 2.42. The average molecular weight is 276 g/mol. The zero-order valence-corrected chi connectivity index (χ0v) is 10.0. The van der Waals surface area contributed by atoms with Crippen LogP contribution in [0.25, 0.3) is 10.2 Å². The minimum atomic E-state index is -0.562. The number of halogens is 2. The molecule has 2 heterocycles. The quantitative estimate of drug-likeness (QED) is 0.867. The zero-order valence-electron chi connectivity index (χ0n) is 8.44. The van der Waals surface area contributed by atoms with Gasteiger partial charge >= 0.3 is 0 Å². The summed E-state index contributed by atoms with van der Waals surface area (Å²) in [7, 11) is 0. The number of aliphatic hydroxyl groups is 1. The molecule has 3 rings (SSSR count). The molecule has 0 bridgehead atoms. The molecule has 0 aliphatic carbocycles. The van der Waals surface area contributed by atoms with E-state index in [0.717, 1.165) is 0 Å². The Morgan fingerprint density at radius 3 is 3.18 bits per heavy atom. The second kappa shape index (κ2) is 3.97. The van der Waals surface area contributed by atoms with E-state index in [1.165, 1.54) is 17.4 Å². The van der Waals surface area contributed by atoms with Crippen LogP contribution in [0.15, 0.2) is 6.07 Å². The lowest BCUT2D eigenvalue weighted by atomic mass is 10.2. The first-order valence-corrected chi connectivity index (χ1v) is 6.07. The largest absolute Gasteiger partial charge is 0.484 e. The highest BCUT2D eigenvalue weighted by molar-refractivity contribution is 7.22. The Labute approximate surface area is 105 Å². The molecule has 1 N–H and O–H groups in total. The first kappa shape index (κ1) is 11.0. The molecular formula is C10H7ClFNO3S. The van der Waals surface area contributed by atoms with E-state index in [1.807, 2.05) is 0 Å². The number of aliphatic hydroxyl groups excluding tert-OH is 1. The SMILES string of the molecule is OC[C@H]1COc2c(c(F)cc3nc(Cl)sc23)O1. The first-order chi connectivity index (χ1) is 8.19. The fraction of sp³-hybridized carbons (Fsp3) is 0.300. The Balaban J connectivity index is 2.20. The van der Waals surface area contributed by atoms with Crippen molar-refractivity contribution in [3.05, 3.63) is 16.4 Å². The average Bonchev–Trinajstić information content (AvgIpc) is 2.69. The Hall–Kier alpha value is -1.11. The summed E-state index contributed by atoms with van der Waals surface area (Å²) in [6, 6.07) is 1.25. The molecule has 0 saturated heterocycles. The predicted molar refractivity (Wildman–Crippen MR) is 61.6 cm³/mol. The lowest BCUT2D eigenvalue weighted by Crippen LogP contribution is -2.32. The molecule has 17 heavy (non-hydrogen) atoms. The van der Waals surface area contributed by atoms with Gasteiger partial charge in [0.05, 0.1) is 12.1 Å². The summed E-state index contributed by atoms with van der Waals surface area (Å²) in [5.74, 6) is -0.232. The van der Waals surface area contributed by atoms with Gasteiger partial charge in [0.15, 0.2) is 27.9 Å². The predicted octanol–water partition coefficient (Wildman–Crippen LogP) is 2.22.